The lowest BCUT2D eigenvalue weighted by molar-refractivity contribution is 0.0675. The molecule has 0 saturated heterocycles. The summed E-state index contributed by atoms with van der Waals surface area (Å²) in [5.74, 6) is 0.842. The average molecular weight is 341 g/mol. The van der Waals surface area contributed by atoms with Crippen molar-refractivity contribution < 1.29 is 14.6 Å². The van der Waals surface area contributed by atoms with E-state index in [1.54, 1.807) is 6.07 Å². The number of halogens is 1. The van der Waals surface area contributed by atoms with Crippen LogP contribution in [0.5, 0.6) is 5.75 Å². The third-order valence-electron chi connectivity index (χ3n) is 3.89. The van der Waals surface area contributed by atoms with Crippen LogP contribution in [0, 0.1) is 18.8 Å². The number of carbonyl (C=O) groups is 1. The monoisotopic (exact) mass is 340 g/mol. The van der Waals surface area contributed by atoms with Gasteiger partial charge in [-0.2, -0.15) is 0 Å². The van der Waals surface area contributed by atoms with Crippen LogP contribution in [0.2, 0.25) is 0 Å². The molecule has 2 unspecified atom stereocenters. The van der Waals surface area contributed by atoms with Crippen molar-refractivity contribution in [2.45, 2.75) is 46.1 Å². The second-order valence-corrected chi connectivity index (χ2v) is 6.98. The van der Waals surface area contributed by atoms with Crippen LogP contribution < -0.4 is 4.74 Å². The maximum atomic E-state index is 11.4. The number of hydrogen-bond donors (Lipinski definition) is 1. The van der Waals surface area contributed by atoms with Gasteiger partial charge in [0.05, 0.1) is 6.10 Å². The molecular weight excluding hydrogens is 320 g/mol. The summed E-state index contributed by atoms with van der Waals surface area (Å²) in [5.41, 5.74) is 1.10. The Bertz CT molecular complexity index is 503. The van der Waals surface area contributed by atoms with Crippen LogP contribution in [0.15, 0.2) is 16.6 Å². The Labute approximate surface area is 128 Å². The molecule has 1 saturated carbocycles. The molecule has 0 spiro atoms. The zero-order chi connectivity index (χ0) is 14.9. The second kappa shape index (κ2) is 6.17. The van der Waals surface area contributed by atoms with Crippen LogP contribution in [0.4, 0.5) is 0 Å². The Kier molecular flexibility index (Phi) is 4.74. The van der Waals surface area contributed by atoms with Gasteiger partial charge < -0.3 is 9.84 Å². The van der Waals surface area contributed by atoms with Gasteiger partial charge in [0.15, 0.2) is 0 Å². The molecule has 2 atom stereocenters. The molecule has 20 heavy (non-hydrogen) atoms. The van der Waals surface area contributed by atoms with E-state index >= 15 is 0 Å². The summed E-state index contributed by atoms with van der Waals surface area (Å²) < 4.78 is 6.84. The van der Waals surface area contributed by atoms with E-state index in [4.69, 9.17) is 4.74 Å². The maximum Gasteiger partial charge on any atom is 0.339 e. The molecule has 0 bridgehead atoms. The molecule has 0 heterocycles. The number of aromatic carboxylic acids is 1. The lowest BCUT2D eigenvalue weighted by Crippen LogP contribution is -2.29. The molecule has 0 aliphatic heterocycles. The second-order valence-electron chi connectivity index (χ2n) is 6.06. The molecule has 1 fully saturated rings. The van der Waals surface area contributed by atoms with E-state index in [1.807, 2.05) is 13.0 Å². The largest absolute Gasteiger partial charge is 0.489 e. The van der Waals surface area contributed by atoms with Crippen LogP contribution in [0.3, 0.4) is 0 Å². The van der Waals surface area contributed by atoms with Crippen molar-refractivity contribution in [3.05, 3.63) is 27.7 Å². The smallest absolute Gasteiger partial charge is 0.339 e. The van der Waals surface area contributed by atoms with E-state index in [1.165, 1.54) is 6.42 Å². The van der Waals surface area contributed by atoms with Crippen LogP contribution in [0.1, 0.15) is 49.0 Å². The molecule has 0 aromatic heterocycles. The van der Waals surface area contributed by atoms with Gasteiger partial charge in [-0.15, -0.1) is 0 Å². The number of carboxylic acid groups (broad SMARTS) is 1. The van der Waals surface area contributed by atoms with Crippen molar-refractivity contribution in [1.29, 1.82) is 0 Å². The average Bonchev–Trinajstić information content (AvgIpc) is 2.30. The van der Waals surface area contributed by atoms with E-state index in [0.29, 0.717) is 17.6 Å². The summed E-state index contributed by atoms with van der Waals surface area (Å²) in [6.45, 7) is 6.36. The molecule has 1 aliphatic rings. The molecule has 1 aromatic rings. The highest BCUT2D eigenvalue weighted by atomic mass is 79.9. The predicted molar refractivity (Wildman–Crippen MR) is 82.4 cm³/mol. The van der Waals surface area contributed by atoms with Crippen molar-refractivity contribution in [2.24, 2.45) is 11.8 Å². The van der Waals surface area contributed by atoms with Crippen LogP contribution in [0.25, 0.3) is 0 Å². The number of rotatable bonds is 3. The van der Waals surface area contributed by atoms with Crippen molar-refractivity contribution in [3.8, 4) is 5.75 Å². The van der Waals surface area contributed by atoms with Gasteiger partial charge in [0.1, 0.15) is 11.3 Å². The lowest BCUT2D eigenvalue weighted by Gasteiger charge is -2.32. The molecule has 0 radical (unpaired) electrons. The first-order valence-corrected chi connectivity index (χ1v) is 7.86. The van der Waals surface area contributed by atoms with Gasteiger partial charge in [-0.3, -0.25) is 0 Å². The van der Waals surface area contributed by atoms with Gasteiger partial charge in [0.2, 0.25) is 0 Å². The van der Waals surface area contributed by atoms with E-state index in [9.17, 15) is 9.90 Å². The number of hydrogen-bond acceptors (Lipinski definition) is 2. The fourth-order valence-corrected chi connectivity index (χ4v) is 3.75. The molecule has 0 amide bonds. The van der Waals surface area contributed by atoms with E-state index in [-0.39, 0.29) is 11.7 Å². The van der Waals surface area contributed by atoms with Crippen molar-refractivity contribution in [1.82, 2.24) is 0 Å². The topological polar surface area (TPSA) is 46.5 Å². The SMILES string of the molecule is Cc1cc(Br)cc(C(=O)O)c1OC1CC(C)CC(C)C1. The molecule has 2 rings (SSSR count). The van der Waals surface area contributed by atoms with E-state index < -0.39 is 5.97 Å². The summed E-state index contributed by atoms with van der Waals surface area (Å²) in [6, 6.07) is 3.51. The molecule has 1 aromatic carbocycles. The molecule has 4 heteroatoms. The van der Waals surface area contributed by atoms with Crippen LogP contribution in [-0.4, -0.2) is 17.2 Å². The zero-order valence-corrected chi connectivity index (χ0v) is 13.7. The highest BCUT2D eigenvalue weighted by Crippen LogP contribution is 2.35. The standard InChI is InChI=1S/C16H21BrO3/c1-9-4-10(2)6-13(5-9)20-15-11(3)7-12(17)8-14(15)16(18)19/h7-10,13H,4-6H2,1-3H3,(H,18,19). The van der Waals surface area contributed by atoms with Gasteiger partial charge in [-0.25, -0.2) is 4.79 Å². The predicted octanol–water partition coefficient (Wildman–Crippen LogP) is 4.66. The molecule has 110 valence electrons. The Morgan fingerprint density at radius 1 is 1.25 bits per heavy atom. The molecule has 3 nitrogen and oxygen atoms in total. The number of benzene rings is 1. The van der Waals surface area contributed by atoms with Crippen molar-refractivity contribution in [2.75, 3.05) is 0 Å². The van der Waals surface area contributed by atoms with E-state index in [0.717, 1.165) is 22.9 Å². The minimum atomic E-state index is -0.943. The van der Waals surface area contributed by atoms with Crippen molar-refractivity contribution >= 4 is 21.9 Å². The zero-order valence-electron chi connectivity index (χ0n) is 12.1. The van der Waals surface area contributed by atoms with Gasteiger partial charge in [0, 0.05) is 4.47 Å². The quantitative estimate of drug-likeness (QED) is 0.870. The Hall–Kier alpha value is -1.03. The fourth-order valence-electron chi connectivity index (χ4n) is 3.18. The highest BCUT2D eigenvalue weighted by Gasteiger charge is 2.27. The summed E-state index contributed by atoms with van der Waals surface area (Å²) in [6.07, 6.45) is 3.34. The fraction of sp³-hybridized carbons (Fsp3) is 0.562. The van der Waals surface area contributed by atoms with Gasteiger partial charge in [-0.1, -0.05) is 29.8 Å². The molecule has 1 aliphatic carbocycles. The number of carboxylic acids is 1. The summed E-state index contributed by atoms with van der Waals surface area (Å²) in [7, 11) is 0. The van der Waals surface area contributed by atoms with E-state index in [2.05, 4.69) is 29.8 Å². The number of aryl methyl sites for hydroxylation is 1. The first-order valence-electron chi connectivity index (χ1n) is 7.07. The first-order chi connectivity index (χ1) is 9.36. The Morgan fingerprint density at radius 2 is 1.85 bits per heavy atom. The summed E-state index contributed by atoms with van der Waals surface area (Å²) >= 11 is 3.34. The first kappa shape index (κ1) is 15.4. The minimum absolute atomic E-state index is 0.117. The van der Waals surface area contributed by atoms with Crippen molar-refractivity contribution in [3.63, 3.8) is 0 Å². The third kappa shape index (κ3) is 3.54. The van der Waals surface area contributed by atoms with Crippen LogP contribution >= 0.6 is 15.9 Å². The minimum Gasteiger partial charge on any atom is -0.489 e. The van der Waals surface area contributed by atoms with Gasteiger partial charge in [0.25, 0.3) is 0 Å². The van der Waals surface area contributed by atoms with Gasteiger partial charge >= 0.3 is 5.97 Å². The maximum absolute atomic E-state index is 11.4. The Balaban J connectivity index is 2.26. The third-order valence-corrected chi connectivity index (χ3v) is 4.35. The summed E-state index contributed by atoms with van der Waals surface area (Å²) in [4.78, 5) is 11.4. The number of ether oxygens (including phenoxy) is 1. The lowest BCUT2D eigenvalue weighted by atomic mass is 9.82. The van der Waals surface area contributed by atoms with Crippen LogP contribution in [-0.2, 0) is 0 Å². The van der Waals surface area contributed by atoms with Gasteiger partial charge in [-0.05, 0) is 55.7 Å². The highest BCUT2D eigenvalue weighted by molar-refractivity contribution is 9.10. The summed E-state index contributed by atoms with van der Waals surface area (Å²) in [5, 5.41) is 9.35. The molecular formula is C16H21BrO3. The normalized spacial score (nSPS) is 26.3. The molecule has 1 N–H and O–H groups in total. The Morgan fingerprint density at radius 3 is 2.40 bits per heavy atom.